The number of fused-ring (bicyclic) bond motifs is 1. The van der Waals surface area contributed by atoms with Crippen LogP contribution in [0.25, 0.3) is 0 Å². The third kappa shape index (κ3) is 2.28. The fourth-order valence-electron chi connectivity index (χ4n) is 2.75. The van der Waals surface area contributed by atoms with E-state index in [2.05, 4.69) is 41.5 Å². The molecule has 0 aliphatic carbocycles. The van der Waals surface area contributed by atoms with Crippen LogP contribution in [-0.4, -0.2) is 12.1 Å². The molecule has 0 saturated carbocycles. The van der Waals surface area contributed by atoms with E-state index in [1.54, 1.807) is 7.11 Å². The Balaban J connectivity index is 1.92. The molecular formula is C16H18N2O. The van der Waals surface area contributed by atoms with Crippen LogP contribution in [-0.2, 0) is 0 Å². The number of anilines is 1. The molecule has 98 valence electrons. The number of aromatic nitrogens is 1. The monoisotopic (exact) mass is 254 g/mol. The fourth-order valence-corrected chi connectivity index (χ4v) is 2.75. The van der Waals surface area contributed by atoms with Crippen molar-refractivity contribution in [2.75, 3.05) is 12.4 Å². The molecule has 1 aromatic heterocycles. The van der Waals surface area contributed by atoms with Gasteiger partial charge in [-0.15, -0.1) is 0 Å². The van der Waals surface area contributed by atoms with Gasteiger partial charge < -0.3 is 10.1 Å². The second-order valence-electron chi connectivity index (χ2n) is 5.07. The Morgan fingerprint density at radius 3 is 2.74 bits per heavy atom. The van der Waals surface area contributed by atoms with Crippen molar-refractivity contribution in [1.82, 2.24) is 4.98 Å². The lowest BCUT2D eigenvalue weighted by Gasteiger charge is -2.32. The van der Waals surface area contributed by atoms with Crippen LogP contribution in [0.2, 0.25) is 0 Å². The summed E-state index contributed by atoms with van der Waals surface area (Å²) in [4.78, 5) is 4.08. The van der Waals surface area contributed by atoms with E-state index in [-0.39, 0.29) is 0 Å². The van der Waals surface area contributed by atoms with Gasteiger partial charge in [-0.2, -0.15) is 0 Å². The Labute approximate surface area is 113 Å². The number of pyridine rings is 1. The molecule has 1 N–H and O–H groups in total. The maximum Gasteiger partial charge on any atom is 0.119 e. The molecule has 0 bridgehead atoms. The zero-order chi connectivity index (χ0) is 13.2. The van der Waals surface area contributed by atoms with Crippen molar-refractivity contribution < 1.29 is 4.74 Å². The molecule has 2 heterocycles. The van der Waals surface area contributed by atoms with Gasteiger partial charge in [0.25, 0.3) is 0 Å². The second kappa shape index (κ2) is 4.92. The SMILES string of the molecule is COc1ccc2c(c1)C(C)CC(c1ccncc1)N2. The Hall–Kier alpha value is -2.03. The quantitative estimate of drug-likeness (QED) is 0.886. The normalized spacial score (nSPS) is 21.4. The minimum atomic E-state index is 0.360. The first kappa shape index (κ1) is 12.0. The van der Waals surface area contributed by atoms with Crippen LogP contribution in [0.1, 0.15) is 36.4 Å². The van der Waals surface area contributed by atoms with Crippen LogP contribution in [0.5, 0.6) is 5.75 Å². The molecule has 0 radical (unpaired) electrons. The molecule has 1 aromatic carbocycles. The van der Waals surface area contributed by atoms with Crippen molar-refractivity contribution in [3.63, 3.8) is 0 Å². The molecule has 0 spiro atoms. The van der Waals surface area contributed by atoms with E-state index in [1.807, 2.05) is 18.5 Å². The van der Waals surface area contributed by atoms with Crippen molar-refractivity contribution >= 4 is 5.69 Å². The van der Waals surface area contributed by atoms with Crippen molar-refractivity contribution in [1.29, 1.82) is 0 Å². The van der Waals surface area contributed by atoms with E-state index in [0.29, 0.717) is 12.0 Å². The molecule has 2 atom stereocenters. The molecule has 2 aromatic rings. The number of rotatable bonds is 2. The van der Waals surface area contributed by atoms with Gasteiger partial charge in [0.2, 0.25) is 0 Å². The Morgan fingerprint density at radius 2 is 2.00 bits per heavy atom. The van der Waals surface area contributed by atoms with Crippen LogP contribution in [0.15, 0.2) is 42.7 Å². The Morgan fingerprint density at radius 1 is 1.21 bits per heavy atom. The number of hydrogen-bond acceptors (Lipinski definition) is 3. The topological polar surface area (TPSA) is 34.1 Å². The number of methoxy groups -OCH3 is 1. The lowest BCUT2D eigenvalue weighted by Crippen LogP contribution is -2.20. The molecule has 0 amide bonds. The molecule has 2 unspecified atom stereocenters. The number of nitrogens with zero attached hydrogens (tertiary/aromatic N) is 1. The molecule has 19 heavy (non-hydrogen) atoms. The highest BCUT2D eigenvalue weighted by Crippen LogP contribution is 2.41. The molecule has 1 aliphatic rings. The van der Waals surface area contributed by atoms with E-state index in [4.69, 9.17) is 4.74 Å². The highest BCUT2D eigenvalue weighted by Gasteiger charge is 2.24. The highest BCUT2D eigenvalue weighted by atomic mass is 16.5. The summed E-state index contributed by atoms with van der Waals surface area (Å²) in [6.07, 6.45) is 4.79. The van der Waals surface area contributed by atoms with Crippen molar-refractivity contribution in [2.45, 2.75) is 25.3 Å². The molecule has 0 saturated heterocycles. The van der Waals surface area contributed by atoms with Gasteiger partial charge in [-0.05, 0) is 53.8 Å². The second-order valence-corrected chi connectivity index (χ2v) is 5.07. The van der Waals surface area contributed by atoms with Crippen LogP contribution in [0.4, 0.5) is 5.69 Å². The number of nitrogens with one attached hydrogen (secondary N) is 1. The fraction of sp³-hybridized carbons (Fsp3) is 0.312. The summed E-state index contributed by atoms with van der Waals surface area (Å²) >= 11 is 0. The smallest absolute Gasteiger partial charge is 0.119 e. The van der Waals surface area contributed by atoms with Gasteiger partial charge in [0.1, 0.15) is 5.75 Å². The van der Waals surface area contributed by atoms with Crippen LogP contribution in [0.3, 0.4) is 0 Å². The zero-order valence-electron chi connectivity index (χ0n) is 11.3. The van der Waals surface area contributed by atoms with Gasteiger partial charge in [0.05, 0.1) is 13.2 Å². The van der Waals surface area contributed by atoms with Crippen molar-refractivity contribution in [3.05, 3.63) is 53.9 Å². The molecule has 3 nitrogen and oxygen atoms in total. The van der Waals surface area contributed by atoms with Crippen LogP contribution in [0, 0.1) is 0 Å². The van der Waals surface area contributed by atoms with E-state index in [9.17, 15) is 0 Å². The van der Waals surface area contributed by atoms with Gasteiger partial charge in [-0.1, -0.05) is 6.92 Å². The first-order valence-electron chi connectivity index (χ1n) is 6.62. The largest absolute Gasteiger partial charge is 0.497 e. The van der Waals surface area contributed by atoms with Crippen LogP contribution >= 0.6 is 0 Å². The summed E-state index contributed by atoms with van der Waals surface area (Å²) in [7, 11) is 1.71. The maximum atomic E-state index is 5.30. The minimum Gasteiger partial charge on any atom is -0.497 e. The first-order chi connectivity index (χ1) is 9.28. The van der Waals surface area contributed by atoms with Gasteiger partial charge >= 0.3 is 0 Å². The van der Waals surface area contributed by atoms with Gasteiger partial charge in [-0.3, -0.25) is 4.98 Å². The average Bonchev–Trinajstić information content (AvgIpc) is 2.48. The van der Waals surface area contributed by atoms with Crippen LogP contribution < -0.4 is 10.1 Å². The van der Waals surface area contributed by atoms with E-state index in [0.717, 1.165) is 12.2 Å². The molecule has 1 aliphatic heterocycles. The minimum absolute atomic E-state index is 0.360. The summed E-state index contributed by atoms with van der Waals surface area (Å²) in [5.41, 5.74) is 3.84. The maximum absolute atomic E-state index is 5.30. The Bertz CT molecular complexity index is 568. The standard InChI is InChI=1S/C16H18N2O/c1-11-9-16(12-5-7-17-8-6-12)18-15-4-3-13(19-2)10-14(11)15/h3-8,10-11,16,18H,9H2,1-2H3. The number of benzene rings is 1. The summed E-state index contributed by atoms with van der Waals surface area (Å²) in [6, 6.07) is 10.8. The van der Waals surface area contributed by atoms with Gasteiger partial charge in [0, 0.05) is 18.1 Å². The van der Waals surface area contributed by atoms with Gasteiger partial charge in [-0.25, -0.2) is 0 Å². The zero-order valence-corrected chi connectivity index (χ0v) is 11.3. The van der Waals surface area contributed by atoms with Gasteiger partial charge in [0.15, 0.2) is 0 Å². The predicted molar refractivity (Wildman–Crippen MR) is 76.6 cm³/mol. The molecule has 0 fully saturated rings. The first-order valence-corrected chi connectivity index (χ1v) is 6.62. The summed E-state index contributed by atoms with van der Waals surface area (Å²) in [6.45, 7) is 2.27. The third-order valence-electron chi connectivity index (χ3n) is 3.82. The number of hydrogen-bond donors (Lipinski definition) is 1. The number of ether oxygens (including phenoxy) is 1. The Kier molecular flexibility index (Phi) is 3.11. The summed E-state index contributed by atoms with van der Waals surface area (Å²) in [5.74, 6) is 1.44. The molecular weight excluding hydrogens is 236 g/mol. The molecule has 3 heteroatoms. The predicted octanol–water partition coefficient (Wildman–Crippen LogP) is 3.75. The molecule has 3 rings (SSSR count). The summed E-state index contributed by atoms with van der Waals surface area (Å²) in [5, 5.41) is 3.61. The van der Waals surface area contributed by atoms with E-state index in [1.165, 1.54) is 16.8 Å². The van der Waals surface area contributed by atoms with Crippen molar-refractivity contribution in [2.24, 2.45) is 0 Å². The van der Waals surface area contributed by atoms with Crippen molar-refractivity contribution in [3.8, 4) is 5.75 Å². The lowest BCUT2D eigenvalue weighted by molar-refractivity contribution is 0.413. The lowest BCUT2D eigenvalue weighted by atomic mass is 9.86. The average molecular weight is 254 g/mol. The highest BCUT2D eigenvalue weighted by molar-refractivity contribution is 5.59. The summed E-state index contributed by atoms with van der Waals surface area (Å²) < 4.78 is 5.30. The third-order valence-corrected chi connectivity index (χ3v) is 3.82. The van der Waals surface area contributed by atoms with E-state index >= 15 is 0 Å². The van der Waals surface area contributed by atoms with E-state index < -0.39 is 0 Å².